The number of carbonyl (C=O) groups is 1. The molecule has 0 aliphatic carbocycles. The van der Waals surface area contributed by atoms with E-state index in [1.165, 1.54) is 7.05 Å². The molecule has 2 aromatic carbocycles. The van der Waals surface area contributed by atoms with Crippen molar-refractivity contribution in [1.82, 2.24) is 10.0 Å². The SMILES string of the molecule is CNS(=O)(=O)Cc1ccc(CNC(=O)c2ccc(OC)cc2)cc1. The Morgan fingerprint density at radius 2 is 1.58 bits per heavy atom. The van der Waals surface area contributed by atoms with Gasteiger partial charge in [0.15, 0.2) is 0 Å². The fourth-order valence-electron chi connectivity index (χ4n) is 2.07. The Labute approximate surface area is 141 Å². The van der Waals surface area contributed by atoms with Gasteiger partial charge in [0, 0.05) is 12.1 Å². The van der Waals surface area contributed by atoms with Gasteiger partial charge in [0.1, 0.15) is 5.75 Å². The van der Waals surface area contributed by atoms with Gasteiger partial charge in [-0.3, -0.25) is 4.79 Å². The van der Waals surface area contributed by atoms with Gasteiger partial charge < -0.3 is 10.1 Å². The van der Waals surface area contributed by atoms with Gasteiger partial charge in [-0.25, -0.2) is 13.1 Å². The average Bonchev–Trinajstić information content (AvgIpc) is 2.60. The summed E-state index contributed by atoms with van der Waals surface area (Å²) < 4.78 is 30.3. The number of hydrogen-bond acceptors (Lipinski definition) is 4. The van der Waals surface area contributed by atoms with E-state index in [0.29, 0.717) is 23.4 Å². The van der Waals surface area contributed by atoms with E-state index in [1.807, 2.05) is 0 Å². The molecule has 0 heterocycles. The Morgan fingerprint density at radius 1 is 1.00 bits per heavy atom. The first kappa shape index (κ1) is 18.0. The second-order valence-corrected chi connectivity index (χ2v) is 7.12. The van der Waals surface area contributed by atoms with Crippen LogP contribution in [0.25, 0.3) is 0 Å². The molecule has 7 heteroatoms. The maximum atomic E-state index is 12.1. The lowest BCUT2D eigenvalue weighted by Gasteiger charge is -2.07. The lowest BCUT2D eigenvalue weighted by Crippen LogP contribution is -2.22. The molecular weight excluding hydrogens is 328 g/mol. The van der Waals surface area contributed by atoms with Crippen molar-refractivity contribution in [2.24, 2.45) is 0 Å². The van der Waals surface area contributed by atoms with Crippen LogP contribution in [0.5, 0.6) is 5.75 Å². The van der Waals surface area contributed by atoms with Crippen LogP contribution < -0.4 is 14.8 Å². The van der Waals surface area contributed by atoms with Crippen LogP contribution in [-0.4, -0.2) is 28.5 Å². The van der Waals surface area contributed by atoms with Crippen molar-refractivity contribution in [3.63, 3.8) is 0 Å². The van der Waals surface area contributed by atoms with E-state index >= 15 is 0 Å². The van der Waals surface area contributed by atoms with Gasteiger partial charge in [0.25, 0.3) is 5.91 Å². The van der Waals surface area contributed by atoms with Gasteiger partial charge in [-0.1, -0.05) is 24.3 Å². The molecule has 6 nitrogen and oxygen atoms in total. The third kappa shape index (κ3) is 5.07. The highest BCUT2D eigenvalue weighted by atomic mass is 32.2. The minimum atomic E-state index is -3.28. The maximum absolute atomic E-state index is 12.1. The summed E-state index contributed by atoms with van der Waals surface area (Å²) in [5.41, 5.74) is 2.13. The summed E-state index contributed by atoms with van der Waals surface area (Å²) in [6.07, 6.45) is 0. The summed E-state index contributed by atoms with van der Waals surface area (Å²) in [4.78, 5) is 12.1. The predicted octanol–water partition coefficient (Wildman–Crippen LogP) is 1.67. The number of amides is 1. The van der Waals surface area contributed by atoms with E-state index in [-0.39, 0.29) is 11.7 Å². The summed E-state index contributed by atoms with van der Waals surface area (Å²) >= 11 is 0. The number of benzene rings is 2. The molecule has 0 aromatic heterocycles. The minimum absolute atomic E-state index is 0.0675. The monoisotopic (exact) mass is 348 g/mol. The van der Waals surface area contributed by atoms with Crippen molar-refractivity contribution in [2.75, 3.05) is 14.2 Å². The molecule has 2 aromatic rings. The zero-order valence-electron chi connectivity index (χ0n) is 13.6. The van der Waals surface area contributed by atoms with E-state index in [9.17, 15) is 13.2 Å². The number of hydrogen-bond donors (Lipinski definition) is 2. The van der Waals surface area contributed by atoms with Crippen molar-refractivity contribution < 1.29 is 17.9 Å². The maximum Gasteiger partial charge on any atom is 0.251 e. The van der Waals surface area contributed by atoms with E-state index in [1.54, 1.807) is 55.6 Å². The summed E-state index contributed by atoms with van der Waals surface area (Å²) in [5, 5.41) is 2.82. The molecule has 2 N–H and O–H groups in total. The predicted molar refractivity (Wildman–Crippen MR) is 92.3 cm³/mol. The quantitative estimate of drug-likeness (QED) is 0.797. The molecular formula is C17H20N2O4S. The van der Waals surface area contributed by atoms with E-state index in [0.717, 1.165) is 5.56 Å². The Morgan fingerprint density at radius 3 is 2.12 bits per heavy atom. The van der Waals surface area contributed by atoms with Crippen molar-refractivity contribution >= 4 is 15.9 Å². The topological polar surface area (TPSA) is 84.5 Å². The van der Waals surface area contributed by atoms with Gasteiger partial charge in [-0.05, 0) is 42.4 Å². The number of carbonyl (C=O) groups excluding carboxylic acids is 1. The van der Waals surface area contributed by atoms with Crippen LogP contribution >= 0.6 is 0 Å². The summed E-state index contributed by atoms with van der Waals surface area (Å²) in [7, 11) is -0.326. The molecule has 128 valence electrons. The highest BCUT2D eigenvalue weighted by molar-refractivity contribution is 7.88. The molecule has 0 atom stereocenters. The van der Waals surface area contributed by atoms with Crippen molar-refractivity contribution in [2.45, 2.75) is 12.3 Å². The highest BCUT2D eigenvalue weighted by Gasteiger charge is 2.09. The number of nitrogens with one attached hydrogen (secondary N) is 2. The molecule has 0 unspecified atom stereocenters. The molecule has 2 rings (SSSR count). The molecule has 24 heavy (non-hydrogen) atoms. The number of methoxy groups -OCH3 is 1. The van der Waals surface area contributed by atoms with Crippen molar-refractivity contribution in [1.29, 1.82) is 0 Å². The second-order valence-electron chi connectivity index (χ2n) is 5.19. The lowest BCUT2D eigenvalue weighted by molar-refractivity contribution is 0.0951. The first-order chi connectivity index (χ1) is 11.4. The Hall–Kier alpha value is -2.38. The molecule has 0 saturated carbocycles. The standard InChI is InChI=1S/C17H20N2O4S/c1-18-24(21,22)12-14-5-3-13(4-6-14)11-19-17(20)15-7-9-16(23-2)10-8-15/h3-10,18H,11-12H2,1-2H3,(H,19,20). The highest BCUT2D eigenvalue weighted by Crippen LogP contribution is 2.12. The smallest absolute Gasteiger partial charge is 0.251 e. The first-order valence-electron chi connectivity index (χ1n) is 7.35. The summed E-state index contributed by atoms with van der Waals surface area (Å²) in [5.74, 6) is 0.445. The van der Waals surface area contributed by atoms with Gasteiger partial charge in [-0.15, -0.1) is 0 Å². The summed E-state index contributed by atoms with van der Waals surface area (Å²) in [6, 6.07) is 13.9. The van der Waals surface area contributed by atoms with Crippen LogP contribution in [0, 0.1) is 0 Å². The number of ether oxygens (including phenoxy) is 1. The van der Waals surface area contributed by atoms with E-state index < -0.39 is 10.0 Å². The first-order valence-corrected chi connectivity index (χ1v) is 9.00. The zero-order valence-corrected chi connectivity index (χ0v) is 14.4. The number of rotatable bonds is 7. The molecule has 0 aliphatic rings. The van der Waals surface area contributed by atoms with Crippen molar-refractivity contribution in [3.8, 4) is 5.75 Å². The minimum Gasteiger partial charge on any atom is -0.497 e. The Bertz CT molecular complexity index is 784. The summed E-state index contributed by atoms with van der Waals surface area (Å²) in [6.45, 7) is 0.365. The largest absolute Gasteiger partial charge is 0.497 e. The molecule has 0 aliphatic heterocycles. The zero-order chi connectivity index (χ0) is 17.6. The van der Waals surface area contributed by atoms with Crippen molar-refractivity contribution in [3.05, 3.63) is 65.2 Å². The molecule has 0 spiro atoms. The molecule has 0 saturated heterocycles. The third-order valence-corrected chi connectivity index (χ3v) is 4.83. The Kier molecular flexibility index (Phi) is 5.94. The van der Waals surface area contributed by atoms with Gasteiger partial charge in [0.05, 0.1) is 12.9 Å². The van der Waals surface area contributed by atoms with Gasteiger partial charge >= 0.3 is 0 Å². The third-order valence-electron chi connectivity index (χ3n) is 3.50. The lowest BCUT2D eigenvalue weighted by atomic mass is 10.1. The average molecular weight is 348 g/mol. The van der Waals surface area contributed by atoms with E-state index in [2.05, 4.69) is 10.0 Å². The van der Waals surface area contributed by atoms with Crippen LogP contribution in [0.15, 0.2) is 48.5 Å². The van der Waals surface area contributed by atoms with Crippen LogP contribution in [-0.2, 0) is 22.3 Å². The van der Waals surface area contributed by atoms with E-state index in [4.69, 9.17) is 4.74 Å². The second kappa shape index (κ2) is 7.94. The van der Waals surface area contributed by atoms with Crippen LogP contribution in [0.3, 0.4) is 0 Å². The molecule has 0 bridgehead atoms. The van der Waals surface area contributed by atoms with Crippen LogP contribution in [0.1, 0.15) is 21.5 Å². The molecule has 0 fully saturated rings. The Balaban J connectivity index is 1.92. The molecule has 1 amide bonds. The van der Waals surface area contributed by atoms with Gasteiger partial charge in [-0.2, -0.15) is 0 Å². The normalized spacial score (nSPS) is 11.1. The van der Waals surface area contributed by atoms with Gasteiger partial charge in [0.2, 0.25) is 10.0 Å². The number of sulfonamides is 1. The fraction of sp³-hybridized carbons (Fsp3) is 0.235. The van der Waals surface area contributed by atoms with Crippen LogP contribution in [0.4, 0.5) is 0 Å². The van der Waals surface area contributed by atoms with Crippen LogP contribution in [0.2, 0.25) is 0 Å². The molecule has 0 radical (unpaired) electrons. The fourth-order valence-corrected chi connectivity index (χ4v) is 2.85.